The van der Waals surface area contributed by atoms with Gasteiger partial charge < -0.3 is 9.64 Å². The third-order valence-corrected chi connectivity index (χ3v) is 3.71. The summed E-state index contributed by atoms with van der Waals surface area (Å²) in [7, 11) is 0. The number of hydrogen-bond acceptors (Lipinski definition) is 3. The molecule has 4 heteroatoms. The predicted molar refractivity (Wildman–Crippen MR) is 71.4 cm³/mol. The number of nitrogens with zero attached hydrogens (tertiary/aromatic N) is 1. The molecule has 0 saturated carbocycles. The van der Waals surface area contributed by atoms with Crippen molar-refractivity contribution in [2.45, 2.75) is 32.2 Å². The number of hydrogen-bond donors (Lipinski definition) is 0. The average molecular weight is 261 g/mol. The second-order valence-electron chi connectivity index (χ2n) is 4.92. The first-order valence-electron chi connectivity index (χ1n) is 6.59. The summed E-state index contributed by atoms with van der Waals surface area (Å²) in [4.78, 5) is 25.3. The van der Waals surface area contributed by atoms with Gasteiger partial charge in [0.25, 0.3) is 0 Å². The van der Waals surface area contributed by atoms with Gasteiger partial charge in [0.2, 0.25) is 5.91 Å². The van der Waals surface area contributed by atoms with Gasteiger partial charge in [-0.05, 0) is 25.8 Å². The van der Waals surface area contributed by atoms with Gasteiger partial charge in [-0.15, -0.1) is 0 Å². The molecule has 1 unspecified atom stereocenters. The summed E-state index contributed by atoms with van der Waals surface area (Å²) in [6.07, 6.45) is 1.21. The zero-order valence-electron chi connectivity index (χ0n) is 11.4. The van der Waals surface area contributed by atoms with Crippen LogP contribution in [-0.2, 0) is 19.9 Å². The van der Waals surface area contributed by atoms with E-state index in [0.29, 0.717) is 13.0 Å². The molecular weight excluding hydrogens is 242 g/mol. The van der Waals surface area contributed by atoms with Gasteiger partial charge >= 0.3 is 5.97 Å². The topological polar surface area (TPSA) is 46.6 Å². The molecule has 1 fully saturated rings. The second-order valence-corrected chi connectivity index (χ2v) is 4.92. The lowest BCUT2D eigenvalue weighted by Crippen LogP contribution is -2.44. The first-order valence-corrected chi connectivity index (χ1v) is 6.59. The molecule has 1 atom stereocenters. The maximum Gasteiger partial charge on any atom is 0.325 e. The van der Waals surface area contributed by atoms with Crippen LogP contribution in [0, 0.1) is 0 Å². The standard InChI is InChI=1S/C15H19NO3/c1-3-19-14(18)11-16-13(17)9-10-15(16,2)12-7-5-4-6-8-12/h4-8H,3,9-11H2,1-2H3. The smallest absolute Gasteiger partial charge is 0.325 e. The number of benzene rings is 1. The largest absolute Gasteiger partial charge is 0.465 e. The van der Waals surface area contributed by atoms with Gasteiger partial charge in [-0.25, -0.2) is 0 Å². The number of amides is 1. The van der Waals surface area contributed by atoms with Crippen LogP contribution in [0.15, 0.2) is 30.3 Å². The molecule has 1 aromatic rings. The Balaban J connectivity index is 2.24. The Hall–Kier alpha value is -1.84. The van der Waals surface area contributed by atoms with Gasteiger partial charge in [-0.2, -0.15) is 0 Å². The molecule has 1 amide bonds. The Bertz CT molecular complexity index is 472. The fourth-order valence-electron chi connectivity index (χ4n) is 2.59. The second kappa shape index (κ2) is 5.43. The van der Waals surface area contributed by atoms with Gasteiger partial charge in [-0.1, -0.05) is 30.3 Å². The maximum atomic E-state index is 12.0. The normalized spacial score (nSPS) is 22.6. The molecule has 0 aliphatic carbocycles. The molecule has 0 aromatic heterocycles. The third-order valence-electron chi connectivity index (χ3n) is 3.71. The summed E-state index contributed by atoms with van der Waals surface area (Å²) in [5.74, 6) is -0.334. The van der Waals surface area contributed by atoms with Crippen LogP contribution in [0.2, 0.25) is 0 Å². The number of rotatable bonds is 4. The minimum atomic E-state index is -0.412. The van der Waals surface area contributed by atoms with E-state index in [1.807, 2.05) is 37.3 Å². The molecule has 0 N–H and O–H groups in total. The number of carbonyl (C=O) groups excluding carboxylic acids is 2. The molecule has 1 aliphatic rings. The Labute approximate surface area is 113 Å². The molecular formula is C15H19NO3. The van der Waals surface area contributed by atoms with Crippen LogP contribution in [0.1, 0.15) is 32.3 Å². The highest BCUT2D eigenvalue weighted by Gasteiger charge is 2.43. The fourth-order valence-corrected chi connectivity index (χ4v) is 2.59. The van der Waals surface area contributed by atoms with Gasteiger partial charge in [0.15, 0.2) is 0 Å². The summed E-state index contributed by atoms with van der Waals surface area (Å²) in [6.45, 7) is 4.13. The van der Waals surface area contributed by atoms with Crippen LogP contribution in [0.5, 0.6) is 0 Å². The molecule has 19 heavy (non-hydrogen) atoms. The first-order chi connectivity index (χ1) is 9.08. The third kappa shape index (κ3) is 2.62. The van der Waals surface area contributed by atoms with Crippen molar-refractivity contribution < 1.29 is 14.3 Å². The van der Waals surface area contributed by atoms with E-state index >= 15 is 0 Å². The quantitative estimate of drug-likeness (QED) is 0.780. The van der Waals surface area contributed by atoms with Gasteiger partial charge in [0.05, 0.1) is 12.1 Å². The number of likely N-dealkylation sites (tertiary alicyclic amines) is 1. The van der Waals surface area contributed by atoms with E-state index in [1.165, 1.54) is 0 Å². The highest BCUT2D eigenvalue weighted by atomic mass is 16.5. The van der Waals surface area contributed by atoms with Crippen LogP contribution in [0.3, 0.4) is 0 Å². The van der Waals surface area contributed by atoms with E-state index < -0.39 is 5.54 Å². The van der Waals surface area contributed by atoms with E-state index in [-0.39, 0.29) is 18.4 Å². The van der Waals surface area contributed by atoms with Gasteiger partial charge in [0.1, 0.15) is 6.54 Å². The van der Waals surface area contributed by atoms with Crippen molar-refractivity contribution in [2.75, 3.05) is 13.2 Å². The molecule has 1 aliphatic heterocycles. The van der Waals surface area contributed by atoms with Gasteiger partial charge in [-0.3, -0.25) is 9.59 Å². The molecule has 0 radical (unpaired) electrons. The van der Waals surface area contributed by atoms with E-state index in [4.69, 9.17) is 4.74 Å². The fraction of sp³-hybridized carbons (Fsp3) is 0.467. The van der Waals surface area contributed by atoms with Crippen LogP contribution in [0.4, 0.5) is 0 Å². The first kappa shape index (κ1) is 13.6. The molecule has 1 saturated heterocycles. The average Bonchev–Trinajstić information content (AvgIpc) is 2.70. The molecule has 0 bridgehead atoms. The van der Waals surface area contributed by atoms with Crippen molar-refractivity contribution in [1.29, 1.82) is 0 Å². The summed E-state index contributed by atoms with van der Waals surface area (Å²) >= 11 is 0. The Morgan fingerprint density at radius 1 is 1.37 bits per heavy atom. The van der Waals surface area contributed by atoms with E-state index in [2.05, 4.69) is 0 Å². The molecule has 102 valence electrons. The van der Waals surface area contributed by atoms with Crippen LogP contribution >= 0.6 is 0 Å². The molecule has 0 spiro atoms. The van der Waals surface area contributed by atoms with Crippen molar-refractivity contribution in [1.82, 2.24) is 4.90 Å². The van der Waals surface area contributed by atoms with Crippen molar-refractivity contribution in [2.24, 2.45) is 0 Å². The van der Waals surface area contributed by atoms with Crippen molar-refractivity contribution in [3.63, 3.8) is 0 Å². The van der Waals surface area contributed by atoms with E-state index in [9.17, 15) is 9.59 Å². The summed E-state index contributed by atoms with van der Waals surface area (Å²) in [5, 5.41) is 0. The zero-order valence-corrected chi connectivity index (χ0v) is 11.4. The Kier molecular flexibility index (Phi) is 3.88. The number of carbonyl (C=O) groups is 2. The summed E-state index contributed by atoms with van der Waals surface area (Å²) in [6, 6.07) is 9.84. The SMILES string of the molecule is CCOC(=O)CN1C(=O)CCC1(C)c1ccccc1. The lowest BCUT2D eigenvalue weighted by atomic mass is 9.89. The Morgan fingerprint density at radius 2 is 2.05 bits per heavy atom. The van der Waals surface area contributed by atoms with Crippen molar-refractivity contribution in [3.8, 4) is 0 Å². The minimum Gasteiger partial charge on any atom is -0.465 e. The van der Waals surface area contributed by atoms with Crippen molar-refractivity contribution >= 4 is 11.9 Å². The molecule has 1 heterocycles. The van der Waals surface area contributed by atoms with Crippen molar-refractivity contribution in [3.05, 3.63) is 35.9 Å². The monoisotopic (exact) mass is 261 g/mol. The highest BCUT2D eigenvalue weighted by molar-refractivity contribution is 5.85. The lowest BCUT2D eigenvalue weighted by Gasteiger charge is -2.35. The zero-order chi connectivity index (χ0) is 13.9. The van der Waals surface area contributed by atoms with E-state index in [1.54, 1.807) is 11.8 Å². The predicted octanol–water partition coefficient (Wildman–Crippen LogP) is 2.09. The van der Waals surface area contributed by atoms with E-state index in [0.717, 1.165) is 12.0 Å². The molecule has 4 nitrogen and oxygen atoms in total. The lowest BCUT2D eigenvalue weighted by molar-refractivity contribution is -0.150. The molecule has 1 aromatic carbocycles. The van der Waals surface area contributed by atoms with Gasteiger partial charge in [0, 0.05) is 6.42 Å². The summed E-state index contributed by atoms with van der Waals surface area (Å²) in [5.41, 5.74) is 0.649. The minimum absolute atomic E-state index is 0.0133. The Morgan fingerprint density at radius 3 is 2.68 bits per heavy atom. The maximum absolute atomic E-state index is 12.0. The number of esters is 1. The number of ether oxygens (including phenoxy) is 1. The molecule has 2 rings (SSSR count). The summed E-state index contributed by atoms with van der Waals surface area (Å²) < 4.78 is 4.95. The van der Waals surface area contributed by atoms with Crippen LogP contribution < -0.4 is 0 Å². The highest BCUT2D eigenvalue weighted by Crippen LogP contribution is 2.38. The van der Waals surface area contributed by atoms with Crippen LogP contribution in [0.25, 0.3) is 0 Å². The van der Waals surface area contributed by atoms with Crippen LogP contribution in [-0.4, -0.2) is 29.9 Å².